The number of hydrogen-bond donors (Lipinski definition) is 0. The highest BCUT2D eigenvalue weighted by molar-refractivity contribution is 8.14. The SMILES string of the molecule is CCOc1ccc(N=C2SC[C@@H](C)N2C(=O)COc2ccccc2OCC)cc1. The molecule has 0 aliphatic carbocycles. The van der Waals surface area contributed by atoms with E-state index in [1.807, 2.05) is 63.2 Å². The summed E-state index contributed by atoms with van der Waals surface area (Å²) in [7, 11) is 0. The second kappa shape index (κ2) is 10.2. The number of benzene rings is 2. The first-order valence-corrected chi connectivity index (χ1v) is 10.7. The summed E-state index contributed by atoms with van der Waals surface area (Å²) < 4.78 is 16.8. The third-order valence-electron chi connectivity index (χ3n) is 4.24. The van der Waals surface area contributed by atoms with Gasteiger partial charge in [-0.05, 0) is 57.2 Å². The molecule has 29 heavy (non-hydrogen) atoms. The molecule has 1 saturated heterocycles. The van der Waals surface area contributed by atoms with Gasteiger partial charge in [-0.25, -0.2) is 4.99 Å². The fraction of sp³-hybridized carbons (Fsp3) is 0.364. The number of hydrogen-bond acceptors (Lipinski definition) is 6. The Morgan fingerprint density at radius 2 is 1.69 bits per heavy atom. The maximum Gasteiger partial charge on any atom is 0.266 e. The zero-order chi connectivity index (χ0) is 20.6. The molecular formula is C22H26N2O4S. The van der Waals surface area contributed by atoms with Crippen LogP contribution in [-0.2, 0) is 4.79 Å². The number of thioether (sulfide) groups is 1. The Morgan fingerprint density at radius 3 is 2.34 bits per heavy atom. The standard InChI is InChI=1S/C22H26N2O4S/c1-4-26-18-12-10-17(11-13-18)23-22-24(16(3)15-29-22)21(25)14-28-20-9-7-6-8-19(20)27-5-2/h6-13,16H,4-5,14-15H2,1-3H3/t16-/m1/s1. The lowest BCUT2D eigenvalue weighted by atomic mass is 10.3. The predicted molar refractivity (Wildman–Crippen MR) is 117 cm³/mol. The monoisotopic (exact) mass is 414 g/mol. The average molecular weight is 415 g/mol. The Balaban J connectivity index is 1.69. The molecular weight excluding hydrogens is 388 g/mol. The quantitative estimate of drug-likeness (QED) is 0.636. The second-order valence-electron chi connectivity index (χ2n) is 6.41. The van der Waals surface area contributed by atoms with Crippen molar-refractivity contribution in [3.05, 3.63) is 48.5 Å². The highest BCUT2D eigenvalue weighted by Crippen LogP contribution is 2.29. The van der Waals surface area contributed by atoms with Gasteiger partial charge in [0, 0.05) is 11.8 Å². The van der Waals surface area contributed by atoms with Gasteiger partial charge in [0.15, 0.2) is 23.3 Å². The Kier molecular flexibility index (Phi) is 7.41. The fourth-order valence-corrected chi connectivity index (χ4v) is 4.04. The first kappa shape index (κ1) is 21.0. The molecule has 2 aromatic rings. The van der Waals surface area contributed by atoms with Crippen LogP contribution in [0.5, 0.6) is 17.2 Å². The molecule has 6 nitrogen and oxygen atoms in total. The molecule has 1 atom stereocenters. The van der Waals surface area contributed by atoms with Crippen molar-refractivity contribution in [2.45, 2.75) is 26.8 Å². The molecule has 1 fully saturated rings. The Bertz CT molecular complexity index is 854. The molecule has 7 heteroatoms. The van der Waals surface area contributed by atoms with Gasteiger partial charge in [0.25, 0.3) is 5.91 Å². The van der Waals surface area contributed by atoms with Crippen LogP contribution in [0.2, 0.25) is 0 Å². The van der Waals surface area contributed by atoms with Gasteiger partial charge in [-0.15, -0.1) is 0 Å². The van der Waals surface area contributed by atoms with Crippen LogP contribution < -0.4 is 14.2 Å². The molecule has 3 rings (SSSR count). The molecule has 0 radical (unpaired) electrons. The van der Waals surface area contributed by atoms with Crippen LogP contribution in [0.1, 0.15) is 20.8 Å². The van der Waals surface area contributed by atoms with Gasteiger partial charge >= 0.3 is 0 Å². The van der Waals surface area contributed by atoms with Crippen LogP contribution in [0.4, 0.5) is 5.69 Å². The van der Waals surface area contributed by atoms with Crippen molar-refractivity contribution < 1.29 is 19.0 Å². The number of rotatable bonds is 8. The van der Waals surface area contributed by atoms with E-state index in [4.69, 9.17) is 14.2 Å². The van der Waals surface area contributed by atoms with Crippen molar-refractivity contribution in [3.63, 3.8) is 0 Å². The van der Waals surface area contributed by atoms with Crippen molar-refractivity contribution >= 4 is 28.5 Å². The topological polar surface area (TPSA) is 60.4 Å². The molecule has 0 bridgehead atoms. The minimum atomic E-state index is -0.126. The number of amides is 1. The van der Waals surface area contributed by atoms with E-state index >= 15 is 0 Å². The lowest BCUT2D eigenvalue weighted by Gasteiger charge is -2.21. The molecule has 2 aromatic carbocycles. The van der Waals surface area contributed by atoms with Gasteiger partial charge in [-0.3, -0.25) is 9.69 Å². The van der Waals surface area contributed by atoms with E-state index in [0.29, 0.717) is 29.9 Å². The lowest BCUT2D eigenvalue weighted by Crippen LogP contribution is -2.40. The van der Waals surface area contributed by atoms with Gasteiger partial charge < -0.3 is 14.2 Å². The van der Waals surface area contributed by atoms with Crippen LogP contribution in [0, 0.1) is 0 Å². The molecule has 0 aromatic heterocycles. The molecule has 1 amide bonds. The number of nitrogens with zero attached hydrogens (tertiary/aromatic N) is 2. The lowest BCUT2D eigenvalue weighted by molar-refractivity contribution is -0.130. The summed E-state index contributed by atoms with van der Waals surface area (Å²) in [6, 6.07) is 15.0. The van der Waals surface area contributed by atoms with E-state index in [9.17, 15) is 4.79 Å². The Labute approximate surface area is 175 Å². The van der Waals surface area contributed by atoms with Crippen LogP contribution in [-0.4, -0.2) is 47.6 Å². The Morgan fingerprint density at radius 1 is 1.03 bits per heavy atom. The highest BCUT2D eigenvalue weighted by Gasteiger charge is 2.32. The molecule has 154 valence electrons. The summed E-state index contributed by atoms with van der Waals surface area (Å²) >= 11 is 1.57. The summed E-state index contributed by atoms with van der Waals surface area (Å²) in [6.45, 7) is 6.96. The Hall–Kier alpha value is -2.67. The predicted octanol–water partition coefficient (Wildman–Crippen LogP) is 4.51. The third kappa shape index (κ3) is 5.44. The number of carbonyl (C=O) groups excluding carboxylic acids is 1. The molecule has 1 heterocycles. The van der Waals surface area contributed by atoms with Crippen molar-refractivity contribution in [3.8, 4) is 17.2 Å². The number of amidine groups is 1. The van der Waals surface area contributed by atoms with E-state index in [2.05, 4.69) is 4.99 Å². The summed E-state index contributed by atoms with van der Waals surface area (Å²) in [4.78, 5) is 19.3. The van der Waals surface area contributed by atoms with E-state index in [0.717, 1.165) is 17.2 Å². The third-order valence-corrected chi connectivity index (χ3v) is 5.44. The smallest absolute Gasteiger partial charge is 0.266 e. The van der Waals surface area contributed by atoms with Gasteiger partial charge in [0.1, 0.15) is 5.75 Å². The zero-order valence-electron chi connectivity index (χ0n) is 17.0. The summed E-state index contributed by atoms with van der Waals surface area (Å²) in [5, 5.41) is 0.688. The van der Waals surface area contributed by atoms with Gasteiger partial charge in [0.05, 0.1) is 18.9 Å². The zero-order valence-corrected chi connectivity index (χ0v) is 17.8. The number of para-hydroxylation sites is 2. The number of aliphatic imine (C=N–C) groups is 1. The van der Waals surface area contributed by atoms with E-state index < -0.39 is 0 Å². The van der Waals surface area contributed by atoms with Crippen LogP contribution in [0.3, 0.4) is 0 Å². The molecule has 0 unspecified atom stereocenters. The summed E-state index contributed by atoms with van der Waals surface area (Å²) in [5.74, 6) is 2.68. The molecule has 0 saturated carbocycles. The maximum atomic E-state index is 12.9. The van der Waals surface area contributed by atoms with Crippen molar-refractivity contribution in [1.82, 2.24) is 4.90 Å². The minimum Gasteiger partial charge on any atom is -0.494 e. The van der Waals surface area contributed by atoms with Gasteiger partial charge in [0.2, 0.25) is 0 Å². The first-order chi connectivity index (χ1) is 14.1. The number of ether oxygens (including phenoxy) is 3. The fourth-order valence-electron chi connectivity index (χ4n) is 2.91. The van der Waals surface area contributed by atoms with Crippen molar-refractivity contribution in [2.75, 3.05) is 25.6 Å². The van der Waals surface area contributed by atoms with E-state index in [1.165, 1.54) is 0 Å². The molecule has 1 aliphatic heterocycles. The average Bonchev–Trinajstić information content (AvgIpc) is 3.09. The van der Waals surface area contributed by atoms with Crippen molar-refractivity contribution in [1.29, 1.82) is 0 Å². The number of carbonyl (C=O) groups is 1. The molecule has 0 spiro atoms. The first-order valence-electron chi connectivity index (χ1n) is 9.73. The molecule has 0 N–H and O–H groups in total. The van der Waals surface area contributed by atoms with Crippen LogP contribution >= 0.6 is 11.8 Å². The van der Waals surface area contributed by atoms with E-state index in [-0.39, 0.29) is 18.6 Å². The molecule has 1 aliphatic rings. The van der Waals surface area contributed by atoms with Gasteiger partial charge in [-0.1, -0.05) is 23.9 Å². The second-order valence-corrected chi connectivity index (χ2v) is 7.40. The minimum absolute atomic E-state index is 0.0553. The van der Waals surface area contributed by atoms with Crippen LogP contribution in [0.25, 0.3) is 0 Å². The van der Waals surface area contributed by atoms with Gasteiger partial charge in [-0.2, -0.15) is 0 Å². The van der Waals surface area contributed by atoms with Crippen molar-refractivity contribution in [2.24, 2.45) is 4.99 Å². The summed E-state index contributed by atoms with van der Waals surface area (Å²) in [6.07, 6.45) is 0. The maximum absolute atomic E-state index is 12.9. The summed E-state index contributed by atoms with van der Waals surface area (Å²) in [5.41, 5.74) is 0.783. The van der Waals surface area contributed by atoms with Crippen LogP contribution in [0.15, 0.2) is 53.5 Å². The van der Waals surface area contributed by atoms with E-state index in [1.54, 1.807) is 22.7 Å². The normalized spacial score (nSPS) is 17.4. The largest absolute Gasteiger partial charge is 0.494 e. The highest BCUT2D eigenvalue weighted by atomic mass is 32.2.